The molecule has 2 rings (SSSR count). The fourth-order valence-electron chi connectivity index (χ4n) is 1.73. The Morgan fingerprint density at radius 1 is 1.35 bits per heavy atom. The number of nitrogens with zero attached hydrogens (tertiary/aromatic N) is 3. The van der Waals surface area contributed by atoms with Crippen LogP contribution >= 0.6 is 11.8 Å². The molecule has 1 aromatic heterocycles. The van der Waals surface area contributed by atoms with Crippen LogP contribution in [0.25, 0.3) is 0 Å². The third kappa shape index (κ3) is 6.32. The van der Waals surface area contributed by atoms with Gasteiger partial charge in [0.15, 0.2) is 0 Å². The lowest BCUT2D eigenvalue weighted by Crippen LogP contribution is -1.94. The Morgan fingerprint density at radius 3 is 2.83 bits per heavy atom. The van der Waals surface area contributed by atoms with Gasteiger partial charge in [-0.1, -0.05) is 25.6 Å². The lowest BCUT2D eigenvalue weighted by atomic mass is 10.2. The predicted molar refractivity (Wildman–Crippen MR) is 95.4 cm³/mol. The Balaban J connectivity index is 1.79. The Labute approximate surface area is 141 Å². The minimum atomic E-state index is 0.541. The Bertz CT molecular complexity index is 609. The zero-order chi connectivity index (χ0) is 16.5. The van der Waals surface area contributed by atoms with Crippen molar-refractivity contribution >= 4 is 23.9 Å². The summed E-state index contributed by atoms with van der Waals surface area (Å²) in [6.45, 7) is 7.05. The molecule has 0 amide bonds. The first kappa shape index (κ1) is 17.3. The van der Waals surface area contributed by atoms with Gasteiger partial charge in [-0.05, 0) is 49.1 Å². The van der Waals surface area contributed by atoms with Gasteiger partial charge in [-0.15, -0.1) is 5.10 Å². The number of nitrogens with one attached hydrogen (secondary N) is 2. The van der Waals surface area contributed by atoms with E-state index in [9.17, 15) is 0 Å². The van der Waals surface area contributed by atoms with Crippen LogP contribution < -0.4 is 10.2 Å². The second kappa shape index (κ2) is 9.19. The number of thioether (sulfide) groups is 1. The Hall–Kier alpha value is -2.02. The highest BCUT2D eigenvalue weighted by Crippen LogP contribution is 2.17. The number of anilines is 1. The molecule has 124 valence electrons. The lowest BCUT2D eigenvalue weighted by Gasteiger charge is -2.01. The van der Waals surface area contributed by atoms with Crippen LogP contribution in [0.5, 0.6) is 5.75 Å². The van der Waals surface area contributed by atoms with Crippen molar-refractivity contribution in [3.05, 3.63) is 29.8 Å². The fraction of sp³-hybridized carbons (Fsp3) is 0.438. The number of hydrazone groups is 1. The third-order valence-corrected chi connectivity index (χ3v) is 3.85. The molecule has 0 aliphatic heterocycles. The van der Waals surface area contributed by atoms with Crippen molar-refractivity contribution < 1.29 is 4.74 Å². The highest BCUT2D eigenvalue weighted by Gasteiger charge is 2.03. The molecule has 1 heterocycles. The van der Waals surface area contributed by atoms with Crippen molar-refractivity contribution in [3.63, 3.8) is 0 Å². The first-order valence-corrected chi connectivity index (χ1v) is 8.73. The van der Waals surface area contributed by atoms with Crippen LogP contribution in [-0.4, -0.2) is 33.8 Å². The van der Waals surface area contributed by atoms with Crippen LogP contribution in [0.2, 0.25) is 0 Å². The number of aromatic amines is 1. The summed E-state index contributed by atoms with van der Waals surface area (Å²) in [4.78, 5) is 4.33. The van der Waals surface area contributed by atoms with Crippen molar-refractivity contribution in [2.75, 3.05) is 17.8 Å². The first-order chi connectivity index (χ1) is 11.2. The van der Waals surface area contributed by atoms with E-state index in [1.54, 1.807) is 18.0 Å². The van der Waals surface area contributed by atoms with Gasteiger partial charge < -0.3 is 4.74 Å². The maximum atomic E-state index is 5.40. The molecule has 0 fully saturated rings. The summed E-state index contributed by atoms with van der Waals surface area (Å²) in [6, 6.07) is 7.74. The molecular weight excluding hydrogens is 310 g/mol. The number of hydrogen-bond donors (Lipinski definition) is 2. The molecule has 0 aliphatic carbocycles. The number of hydrogen-bond acceptors (Lipinski definition) is 6. The van der Waals surface area contributed by atoms with Crippen LogP contribution in [-0.2, 0) is 0 Å². The zero-order valence-electron chi connectivity index (χ0n) is 13.7. The molecule has 23 heavy (non-hydrogen) atoms. The number of ether oxygens (including phenoxy) is 1. The molecule has 0 radical (unpaired) electrons. The molecule has 2 N–H and O–H groups in total. The second-order valence-corrected chi connectivity index (χ2v) is 6.43. The summed E-state index contributed by atoms with van der Waals surface area (Å²) in [5.74, 6) is 3.11. The van der Waals surface area contributed by atoms with Crippen LogP contribution in [0.4, 0.5) is 5.95 Å². The van der Waals surface area contributed by atoms with Crippen molar-refractivity contribution in [2.24, 2.45) is 11.0 Å². The van der Waals surface area contributed by atoms with E-state index < -0.39 is 0 Å². The van der Waals surface area contributed by atoms with Crippen molar-refractivity contribution in [1.29, 1.82) is 0 Å². The molecule has 0 atom stereocenters. The molecule has 0 saturated heterocycles. The minimum absolute atomic E-state index is 0.541. The van der Waals surface area contributed by atoms with Gasteiger partial charge in [0.25, 0.3) is 0 Å². The zero-order valence-corrected chi connectivity index (χ0v) is 14.6. The van der Waals surface area contributed by atoms with Crippen LogP contribution in [0.15, 0.2) is 34.5 Å². The number of rotatable bonds is 9. The van der Waals surface area contributed by atoms with E-state index in [4.69, 9.17) is 4.74 Å². The minimum Gasteiger partial charge on any atom is -0.494 e. The number of H-pyrrole nitrogens is 1. The molecule has 7 heteroatoms. The summed E-state index contributed by atoms with van der Waals surface area (Å²) in [6.07, 6.45) is 2.88. The average molecular weight is 333 g/mol. The summed E-state index contributed by atoms with van der Waals surface area (Å²) in [7, 11) is 0. The van der Waals surface area contributed by atoms with Crippen LogP contribution in [0.1, 0.15) is 32.8 Å². The van der Waals surface area contributed by atoms with Gasteiger partial charge >= 0.3 is 0 Å². The highest BCUT2D eigenvalue weighted by atomic mass is 32.2. The third-order valence-electron chi connectivity index (χ3n) is 2.97. The normalized spacial score (nSPS) is 11.3. The van der Waals surface area contributed by atoms with E-state index in [2.05, 4.69) is 39.6 Å². The summed E-state index contributed by atoms with van der Waals surface area (Å²) >= 11 is 1.65. The van der Waals surface area contributed by atoms with Gasteiger partial charge in [0.2, 0.25) is 11.1 Å². The fourth-order valence-corrected chi connectivity index (χ4v) is 2.77. The van der Waals surface area contributed by atoms with Crippen molar-refractivity contribution in [1.82, 2.24) is 15.2 Å². The second-order valence-electron chi connectivity index (χ2n) is 5.37. The summed E-state index contributed by atoms with van der Waals surface area (Å²) in [5.41, 5.74) is 3.83. The molecule has 0 saturated carbocycles. The molecule has 0 bridgehead atoms. The van der Waals surface area contributed by atoms with E-state index in [-0.39, 0.29) is 0 Å². The number of benzene rings is 1. The van der Waals surface area contributed by atoms with Gasteiger partial charge in [-0.25, -0.2) is 10.5 Å². The summed E-state index contributed by atoms with van der Waals surface area (Å²) in [5, 5.41) is 11.9. The predicted octanol–water partition coefficient (Wildman–Crippen LogP) is 3.79. The largest absolute Gasteiger partial charge is 0.494 e. The smallest absolute Gasteiger partial charge is 0.240 e. The molecule has 2 aromatic rings. The van der Waals surface area contributed by atoms with E-state index >= 15 is 0 Å². The lowest BCUT2D eigenvalue weighted by molar-refractivity contribution is 0.340. The molecule has 0 spiro atoms. The standard InChI is InChI=1S/C16H23N5OS/c1-4-22-14-7-5-13(6-8-14)11-17-19-15-18-16(21-20-15)23-10-9-12(2)3/h5-8,11-12H,4,9-10H2,1-3H3,(H2,18,19,20,21)/b17-11+. The van der Waals surface area contributed by atoms with E-state index in [1.807, 2.05) is 31.2 Å². The average Bonchev–Trinajstić information content (AvgIpc) is 2.97. The molecule has 1 aromatic carbocycles. The summed E-state index contributed by atoms with van der Waals surface area (Å²) < 4.78 is 5.40. The van der Waals surface area contributed by atoms with Gasteiger partial charge in [0, 0.05) is 5.75 Å². The van der Waals surface area contributed by atoms with E-state index in [0.29, 0.717) is 18.5 Å². The van der Waals surface area contributed by atoms with Crippen LogP contribution in [0, 0.1) is 5.92 Å². The number of aromatic nitrogens is 3. The van der Waals surface area contributed by atoms with Crippen molar-refractivity contribution in [3.8, 4) is 5.75 Å². The quantitative estimate of drug-likeness (QED) is 0.415. The van der Waals surface area contributed by atoms with E-state index in [0.717, 1.165) is 28.6 Å². The molecule has 0 unspecified atom stereocenters. The Kier molecular flexibility index (Phi) is 6.93. The Morgan fingerprint density at radius 2 is 2.13 bits per heavy atom. The maximum absolute atomic E-state index is 5.40. The van der Waals surface area contributed by atoms with Gasteiger partial charge in [0.1, 0.15) is 5.75 Å². The van der Waals surface area contributed by atoms with Crippen LogP contribution in [0.3, 0.4) is 0 Å². The molecule has 0 aliphatic rings. The van der Waals surface area contributed by atoms with Gasteiger partial charge in [-0.3, -0.25) is 0 Å². The topological polar surface area (TPSA) is 75.2 Å². The molecule has 6 nitrogen and oxygen atoms in total. The van der Waals surface area contributed by atoms with Crippen molar-refractivity contribution in [2.45, 2.75) is 32.3 Å². The monoisotopic (exact) mass is 333 g/mol. The maximum Gasteiger partial charge on any atom is 0.240 e. The molecular formula is C16H23N5OS. The first-order valence-electron chi connectivity index (χ1n) is 7.74. The van der Waals surface area contributed by atoms with Gasteiger partial charge in [0.05, 0.1) is 12.8 Å². The van der Waals surface area contributed by atoms with Gasteiger partial charge in [-0.2, -0.15) is 10.1 Å². The van der Waals surface area contributed by atoms with E-state index in [1.165, 1.54) is 0 Å². The highest BCUT2D eigenvalue weighted by molar-refractivity contribution is 7.99. The SMILES string of the molecule is CCOc1ccc(/C=N/Nc2nc(SCCC(C)C)n[nH]2)cc1.